The van der Waals surface area contributed by atoms with E-state index in [0.29, 0.717) is 5.69 Å². The van der Waals surface area contributed by atoms with Gasteiger partial charge in [-0.15, -0.1) is 0 Å². The van der Waals surface area contributed by atoms with Gasteiger partial charge in [0.1, 0.15) is 0 Å². The lowest BCUT2D eigenvalue weighted by molar-refractivity contribution is -0.131. The number of rotatable bonds is 2. The lowest BCUT2D eigenvalue weighted by atomic mass is 10.4. The first-order valence-corrected chi connectivity index (χ1v) is 4.07. The molecule has 1 aromatic rings. The molecule has 0 atom stereocenters. The first-order valence-electron chi connectivity index (χ1n) is 4.07. The maximum Gasteiger partial charge on any atom is 0.328 e. The molecular formula is C9H14N2O2. The number of aliphatic carboxylic acids is 1. The first-order chi connectivity index (χ1) is 6.18. The van der Waals surface area contributed by atoms with Gasteiger partial charge in [-0.05, 0) is 6.08 Å². The predicted octanol–water partition coefficient (Wildman–Crippen LogP) is 1.54. The Morgan fingerprint density at radius 3 is 2.62 bits per heavy atom. The van der Waals surface area contributed by atoms with E-state index >= 15 is 0 Å². The average Bonchev–Trinajstić information content (AvgIpc) is 2.52. The van der Waals surface area contributed by atoms with Gasteiger partial charge in [-0.25, -0.2) is 9.78 Å². The molecular weight excluding hydrogens is 168 g/mol. The Morgan fingerprint density at radius 1 is 1.62 bits per heavy atom. The van der Waals surface area contributed by atoms with Crippen molar-refractivity contribution in [3.05, 3.63) is 24.3 Å². The van der Waals surface area contributed by atoms with Crippen LogP contribution in [0.3, 0.4) is 0 Å². The Hall–Kier alpha value is -1.58. The third-order valence-corrected chi connectivity index (χ3v) is 1.12. The Kier molecular flexibility index (Phi) is 5.27. The van der Waals surface area contributed by atoms with Gasteiger partial charge in [0.05, 0.1) is 12.0 Å². The molecule has 0 aliphatic carbocycles. The van der Waals surface area contributed by atoms with Gasteiger partial charge in [-0.3, -0.25) is 0 Å². The van der Waals surface area contributed by atoms with E-state index in [0.717, 1.165) is 6.08 Å². The Labute approximate surface area is 77.5 Å². The van der Waals surface area contributed by atoms with Gasteiger partial charge < -0.3 is 9.67 Å². The Balaban J connectivity index is 0.000000671. The van der Waals surface area contributed by atoms with Crippen LogP contribution in [0.1, 0.15) is 19.5 Å². The van der Waals surface area contributed by atoms with Crippen LogP contribution in [0.2, 0.25) is 0 Å². The molecule has 0 bridgehead atoms. The molecule has 0 unspecified atom stereocenters. The number of hydrogen-bond donors (Lipinski definition) is 1. The number of hydrogen-bond acceptors (Lipinski definition) is 2. The van der Waals surface area contributed by atoms with Gasteiger partial charge in [0.15, 0.2) is 0 Å². The summed E-state index contributed by atoms with van der Waals surface area (Å²) in [7, 11) is 1.82. The van der Waals surface area contributed by atoms with Crippen LogP contribution in [-0.2, 0) is 11.8 Å². The van der Waals surface area contributed by atoms with Crippen LogP contribution >= 0.6 is 0 Å². The third-order valence-electron chi connectivity index (χ3n) is 1.12. The van der Waals surface area contributed by atoms with Crippen molar-refractivity contribution >= 4 is 12.0 Å². The molecule has 0 fully saturated rings. The number of aryl methyl sites for hydroxylation is 1. The predicted molar refractivity (Wildman–Crippen MR) is 51.2 cm³/mol. The maximum atomic E-state index is 10.1. The highest BCUT2D eigenvalue weighted by Crippen LogP contribution is 1.95. The van der Waals surface area contributed by atoms with Crippen LogP contribution in [0.5, 0.6) is 0 Å². The van der Waals surface area contributed by atoms with Gasteiger partial charge in [0.25, 0.3) is 0 Å². The van der Waals surface area contributed by atoms with Gasteiger partial charge in [-0.2, -0.15) is 0 Å². The second-order valence-electron chi connectivity index (χ2n) is 2.14. The number of aromatic nitrogens is 2. The summed E-state index contributed by atoms with van der Waals surface area (Å²) in [5, 5.41) is 8.26. The van der Waals surface area contributed by atoms with Gasteiger partial charge >= 0.3 is 5.97 Å². The SMILES string of the molecule is CC.Cn1cnc(/C=C/C(=O)O)c1. The number of nitrogens with zero attached hydrogens (tertiary/aromatic N) is 2. The Bertz CT molecular complexity index is 290. The van der Waals surface area contributed by atoms with E-state index in [9.17, 15) is 4.79 Å². The van der Waals surface area contributed by atoms with E-state index in [-0.39, 0.29) is 0 Å². The lowest BCUT2D eigenvalue weighted by Gasteiger charge is -1.81. The second kappa shape index (κ2) is 5.99. The molecule has 0 aromatic carbocycles. The number of carbonyl (C=O) groups is 1. The number of carboxylic acid groups (broad SMARTS) is 1. The smallest absolute Gasteiger partial charge is 0.328 e. The van der Waals surface area contributed by atoms with Crippen LogP contribution in [-0.4, -0.2) is 20.6 Å². The zero-order chi connectivity index (χ0) is 10.3. The molecule has 0 saturated heterocycles. The minimum Gasteiger partial charge on any atom is -0.478 e. The highest BCUT2D eigenvalue weighted by atomic mass is 16.4. The van der Waals surface area contributed by atoms with E-state index < -0.39 is 5.97 Å². The van der Waals surface area contributed by atoms with Gasteiger partial charge in [0, 0.05) is 19.3 Å². The van der Waals surface area contributed by atoms with Crippen molar-refractivity contribution in [2.75, 3.05) is 0 Å². The van der Waals surface area contributed by atoms with Crippen molar-refractivity contribution in [2.24, 2.45) is 7.05 Å². The molecule has 1 rings (SSSR count). The minimum atomic E-state index is -0.962. The Morgan fingerprint density at radius 2 is 2.23 bits per heavy atom. The standard InChI is InChI=1S/C7H8N2O2.C2H6/c1-9-4-6(8-5-9)2-3-7(10)11;1-2/h2-5H,1H3,(H,10,11);1-2H3/b3-2+;. The molecule has 13 heavy (non-hydrogen) atoms. The summed E-state index contributed by atoms with van der Waals surface area (Å²) in [6, 6.07) is 0. The summed E-state index contributed by atoms with van der Waals surface area (Å²) in [4.78, 5) is 14.0. The van der Waals surface area contributed by atoms with Crippen LogP contribution in [0.15, 0.2) is 18.6 Å². The molecule has 1 N–H and O–H groups in total. The fourth-order valence-electron chi connectivity index (χ4n) is 0.676. The monoisotopic (exact) mass is 182 g/mol. The average molecular weight is 182 g/mol. The molecule has 4 nitrogen and oxygen atoms in total. The van der Waals surface area contributed by atoms with Gasteiger partial charge in [0.2, 0.25) is 0 Å². The van der Waals surface area contributed by atoms with E-state index in [2.05, 4.69) is 4.98 Å². The lowest BCUT2D eigenvalue weighted by Crippen LogP contribution is -1.85. The van der Waals surface area contributed by atoms with Crippen LogP contribution in [0.25, 0.3) is 6.08 Å². The molecule has 1 aromatic heterocycles. The van der Waals surface area contributed by atoms with Crippen molar-refractivity contribution in [1.29, 1.82) is 0 Å². The van der Waals surface area contributed by atoms with Crippen molar-refractivity contribution in [2.45, 2.75) is 13.8 Å². The fraction of sp³-hybridized carbons (Fsp3) is 0.333. The van der Waals surface area contributed by atoms with Crippen molar-refractivity contribution in [1.82, 2.24) is 9.55 Å². The van der Waals surface area contributed by atoms with Crippen molar-refractivity contribution < 1.29 is 9.90 Å². The molecule has 72 valence electrons. The minimum absolute atomic E-state index is 0.648. The molecule has 0 spiro atoms. The van der Waals surface area contributed by atoms with E-state index in [1.807, 2.05) is 20.9 Å². The molecule has 1 heterocycles. The van der Waals surface area contributed by atoms with Crippen molar-refractivity contribution in [3.63, 3.8) is 0 Å². The quantitative estimate of drug-likeness (QED) is 0.706. The van der Waals surface area contributed by atoms with Gasteiger partial charge in [-0.1, -0.05) is 13.8 Å². The first kappa shape index (κ1) is 11.4. The number of carboxylic acids is 1. The zero-order valence-electron chi connectivity index (χ0n) is 8.06. The van der Waals surface area contributed by atoms with Crippen LogP contribution in [0.4, 0.5) is 0 Å². The summed E-state index contributed by atoms with van der Waals surface area (Å²) in [6.07, 6.45) is 5.85. The van der Waals surface area contributed by atoms with Crippen LogP contribution in [0, 0.1) is 0 Å². The van der Waals surface area contributed by atoms with Crippen molar-refractivity contribution in [3.8, 4) is 0 Å². The number of imidazole rings is 1. The molecule has 0 saturated carbocycles. The summed E-state index contributed by atoms with van der Waals surface area (Å²) in [6.45, 7) is 4.00. The molecule has 0 aliphatic heterocycles. The highest BCUT2D eigenvalue weighted by Gasteiger charge is 1.91. The second-order valence-corrected chi connectivity index (χ2v) is 2.14. The summed E-state index contributed by atoms with van der Waals surface area (Å²) < 4.78 is 1.75. The molecule has 0 aliphatic rings. The fourth-order valence-corrected chi connectivity index (χ4v) is 0.676. The van der Waals surface area contributed by atoms with E-state index in [1.165, 1.54) is 6.08 Å². The summed E-state index contributed by atoms with van der Waals surface area (Å²) in [5.41, 5.74) is 0.648. The van der Waals surface area contributed by atoms with E-state index in [4.69, 9.17) is 5.11 Å². The molecule has 0 amide bonds. The molecule has 4 heteroatoms. The van der Waals surface area contributed by atoms with Crippen LogP contribution < -0.4 is 0 Å². The largest absolute Gasteiger partial charge is 0.478 e. The third kappa shape index (κ3) is 4.79. The summed E-state index contributed by atoms with van der Waals surface area (Å²) in [5.74, 6) is -0.962. The maximum absolute atomic E-state index is 10.1. The van der Waals surface area contributed by atoms with E-state index in [1.54, 1.807) is 17.1 Å². The zero-order valence-corrected chi connectivity index (χ0v) is 8.06. The topological polar surface area (TPSA) is 55.1 Å². The molecule has 0 radical (unpaired) electrons. The highest BCUT2D eigenvalue weighted by molar-refractivity contribution is 5.84. The normalized spacial score (nSPS) is 9.46. The summed E-state index contributed by atoms with van der Waals surface area (Å²) >= 11 is 0.